The van der Waals surface area contributed by atoms with Crippen LogP contribution in [0.15, 0.2) is 48.7 Å². The fourth-order valence-electron chi connectivity index (χ4n) is 2.15. The number of aliphatic hydroxyl groups is 1. The lowest BCUT2D eigenvalue weighted by molar-refractivity contribution is -0.137. The van der Waals surface area contributed by atoms with Crippen molar-refractivity contribution in [3.8, 4) is 11.5 Å². The van der Waals surface area contributed by atoms with E-state index >= 15 is 0 Å². The molecule has 0 fully saturated rings. The largest absolute Gasteiger partial charge is 0.491 e. The maximum absolute atomic E-state index is 10.5. The molecule has 1 atom stereocenters. The van der Waals surface area contributed by atoms with Gasteiger partial charge in [0.15, 0.2) is 11.5 Å². The Morgan fingerprint density at radius 2 is 2.04 bits per heavy atom. The second kappa shape index (κ2) is 9.44. The fraction of sp³-hybridized carbons (Fsp3) is 0.263. The summed E-state index contributed by atoms with van der Waals surface area (Å²) in [6, 6.07) is 11.0. The molecule has 0 aliphatic heterocycles. The van der Waals surface area contributed by atoms with Gasteiger partial charge in [-0.05, 0) is 24.1 Å². The van der Waals surface area contributed by atoms with Crippen molar-refractivity contribution < 1.29 is 24.5 Å². The summed E-state index contributed by atoms with van der Waals surface area (Å²) >= 11 is 0. The Labute approximate surface area is 146 Å². The van der Waals surface area contributed by atoms with Gasteiger partial charge >= 0.3 is 5.97 Å². The molecule has 0 aliphatic carbocycles. The van der Waals surface area contributed by atoms with Crippen molar-refractivity contribution in [3.05, 3.63) is 59.9 Å². The van der Waals surface area contributed by atoms with E-state index in [4.69, 9.17) is 14.6 Å². The van der Waals surface area contributed by atoms with Crippen LogP contribution in [0.25, 0.3) is 6.08 Å². The zero-order chi connectivity index (χ0) is 18.1. The molecule has 0 spiro atoms. The van der Waals surface area contributed by atoms with Crippen molar-refractivity contribution in [3.63, 3.8) is 0 Å². The number of carboxylic acid groups (broad SMARTS) is 1. The maximum atomic E-state index is 10.5. The van der Waals surface area contributed by atoms with E-state index < -0.39 is 12.1 Å². The lowest BCUT2D eigenvalue weighted by Gasteiger charge is -2.10. The van der Waals surface area contributed by atoms with Gasteiger partial charge in [-0.3, -0.25) is 9.78 Å². The van der Waals surface area contributed by atoms with Crippen molar-refractivity contribution in [1.29, 1.82) is 0 Å². The second-order valence-electron chi connectivity index (χ2n) is 5.32. The van der Waals surface area contributed by atoms with E-state index in [1.54, 1.807) is 18.2 Å². The average Bonchev–Trinajstić information content (AvgIpc) is 2.64. The number of methoxy groups -OCH3 is 1. The molecule has 6 heteroatoms. The molecule has 2 N–H and O–H groups in total. The Morgan fingerprint density at radius 1 is 1.28 bits per heavy atom. The molecule has 1 aromatic carbocycles. The molecule has 0 saturated heterocycles. The van der Waals surface area contributed by atoms with Gasteiger partial charge in [-0.2, -0.15) is 0 Å². The highest BCUT2D eigenvalue weighted by molar-refractivity contribution is 5.66. The fourth-order valence-corrected chi connectivity index (χ4v) is 2.15. The van der Waals surface area contributed by atoms with Gasteiger partial charge < -0.3 is 19.7 Å². The third kappa shape index (κ3) is 5.93. The van der Waals surface area contributed by atoms with Crippen LogP contribution in [0.2, 0.25) is 0 Å². The standard InChI is InChI=1S/C19H21NO5/c1-24-18-13-20-15(12-17(18)25-11-5-8-19(22)23)9-10-16(21)14-6-3-2-4-7-14/h2-4,6-7,9-10,12-13,16,21H,5,8,11H2,1H3,(H,22,23)/b10-9+. The van der Waals surface area contributed by atoms with Crippen molar-refractivity contribution in [2.24, 2.45) is 0 Å². The van der Waals surface area contributed by atoms with Crippen LogP contribution in [-0.2, 0) is 4.79 Å². The molecule has 0 bridgehead atoms. The third-order valence-corrected chi connectivity index (χ3v) is 3.46. The third-order valence-electron chi connectivity index (χ3n) is 3.46. The van der Waals surface area contributed by atoms with Gasteiger partial charge in [0.25, 0.3) is 0 Å². The number of aromatic nitrogens is 1. The van der Waals surface area contributed by atoms with Gasteiger partial charge in [0.05, 0.1) is 31.7 Å². The molecule has 0 radical (unpaired) electrons. The van der Waals surface area contributed by atoms with Crippen molar-refractivity contribution in [2.45, 2.75) is 18.9 Å². The van der Waals surface area contributed by atoms with Gasteiger partial charge in [0.1, 0.15) is 0 Å². The Bertz CT molecular complexity index is 715. The van der Waals surface area contributed by atoms with Gasteiger partial charge in [-0.25, -0.2) is 0 Å². The van der Waals surface area contributed by atoms with E-state index in [0.717, 1.165) is 5.56 Å². The predicted molar refractivity (Wildman–Crippen MR) is 93.6 cm³/mol. The van der Waals surface area contributed by atoms with Gasteiger partial charge in [-0.15, -0.1) is 0 Å². The number of benzene rings is 1. The summed E-state index contributed by atoms with van der Waals surface area (Å²) in [6.45, 7) is 0.266. The molecular formula is C19H21NO5. The molecular weight excluding hydrogens is 322 g/mol. The number of hydrogen-bond acceptors (Lipinski definition) is 5. The number of hydrogen-bond donors (Lipinski definition) is 2. The smallest absolute Gasteiger partial charge is 0.303 e. The van der Waals surface area contributed by atoms with E-state index in [9.17, 15) is 9.90 Å². The van der Waals surface area contributed by atoms with E-state index in [1.165, 1.54) is 13.3 Å². The minimum absolute atomic E-state index is 0.0451. The molecule has 2 aromatic rings. The topological polar surface area (TPSA) is 88.9 Å². The Morgan fingerprint density at radius 3 is 2.72 bits per heavy atom. The highest BCUT2D eigenvalue weighted by Crippen LogP contribution is 2.27. The summed E-state index contributed by atoms with van der Waals surface area (Å²) in [4.78, 5) is 14.8. The Balaban J connectivity index is 2.04. The quantitative estimate of drug-likeness (QED) is 0.680. The number of ether oxygens (including phenoxy) is 2. The minimum atomic E-state index is -0.858. The SMILES string of the molecule is COc1cnc(/C=C/C(O)c2ccccc2)cc1OCCCC(=O)O. The summed E-state index contributed by atoms with van der Waals surface area (Å²) in [5.41, 5.74) is 1.39. The van der Waals surface area contributed by atoms with E-state index in [2.05, 4.69) is 4.98 Å². The second-order valence-corrected chi connectivity index (χ2v) is 5.32. The zero-order valence-corrected chi connectivity index (χ0v) is 14.0. The van der Waals surface area contributed by atoms with Crippen LogP contribution in [0.1, 0.15) is 30.2 Å². The monoisotopic (exact) mass is 343 g/mol. The van der Waals surface area contributed by atoms with Crippen LogP contribution in [0.5, 0.6) is 11.5 Å². The van der Waals surface area contributed by atoms with E-state index in [-0.39, 0.29) is 13.0 Å². The Hall–Kier alpha value is -2.86. The molecule has 0 amide bonds. The highest BCUT2D eigenvalue weighted by Gasteiger charge is 2.08. The van der Waals surface area contributed by atoms with Crippen molar-refractivity contribution >= 4 is 12.0 Å². The van der Waals surface area contributed by atoms with Crippen LogP contribution in [0, 0.1) is 0 Å². The van der Waals surface area contributed by atoms with Gasteiger partial charge in [-0.1, -0.05) is 30.3 Å². The first-order chi connectivity index (χ1) is 12.1. The first kappa shape index (κ1) is 18.5. The Kier molecular flexibility index (Phi) is 6.98. The van der Waals surface area contributed by atoms with Crippen LogP contribution in [0.3, 0.4) is 0 Å². The number of rotatable bonds is 9. The summed E-state index contributed by atoms with van der Waals surface area (Å²) in [5, 5.41) is 18.8. The zero-order valence-electron chi connectivity index (χ0n) is 14.0. The maximum Gasteiger partial charge on any atom is 0.303 e. The van der Waals surface area contributed by atoms with Gasteiger partial charge in [0.2, 0.25) is 0 Å². The molecule has 0 saturated carbocycles. The molecule has 2 rings (SSSR count). The molecule has 132 valence electrons. The van der Waals surface area contributed by atoms with Crippen molar-refractivity contribution in [1.82, 2.24) is 4.98 Å². The van der Waals surface area contributed by atoms with E-state index in [1.807, 2.05) is 30.3 Å². The van der Waals surface area contributed by atoms with Crippen LogP contribution in [-0.4, -0.2) is 34.9 Å². The summed E-state index contributed by atoms with van der Waals surface area (Å²) in [6.07, 6.45) is 4.58. The number of pyridine rings is 1. The lowest BCUT2D eigenvalue weighted by atomic mass is 10.1. The summed E-state index contributed by atoms with van der Waals surface area (Å²) < 4.78 is 10.8. The molecule has 0 aliphatic rings. The first-order valence-electron chi connectivity index (χ1n) is 7.90. The highest BCUT2D eigenvalue weighted by atomic mass is 16.5. The predicted octanol–water partition coefficient (Wildman–Crippen LogP) is 3.08. The number of aliphatic carboxylic acids is 1. The minimum Gasteiger partial charge on any atom is -0.491 e. The molecule has 25 heavy (non-hydrogen) atoms. The normalized spacial score (nSPS) is 12.1. The van der Waals surface area contributed by atoms with Crippen LogP contribution >= 0.6 is 0 Å². The lowest BCUT2D eigenvalue weighted by Crippen LogP contribution is -2.03. The van der Waals surface area contributed by atoms with Gasteiger partial charge in [0, 0.05) is 12.5 Å². The molecule has 1 aromatic heterocycles. The van der Waals surface area contributed by atoms with Crippen molar-refractivity contribution in [2.75, 3.05) is 13.7 Å². The summed E-state index contributed by atoms with van der Waals surface area (Å²) in [5.74, 6) is 0.0941. The van der Waals surface area contributed by atoms with E-state index in [0.29, 0.717) is 23.6 Å². The average molecular weight is 343 g/mol. The molecule has 1 heterocycles. The number of nitrogens with zero attached hydrogens (tertiary/aromatic N) is 1. The summed E-state index contributed by atoms with van der Waals surface area (Å²) in [7, 11) is 1.51. The number of carbonyl (C=O) groups is 1. The molecule has 6 nitrogen and oxygen atoms in total. The van der Waals surface area contributed by atoms with Crippen LogP contribution in [0.4, 0.5) is 0 Å². The number of aliphatic hydroxyl groups excluding tert-OH is 1. The first-order valence-corrected chi connectivity index (χ1v) is 7.90. The molecule has 1 unspecified atom stereocenters. The number of carboxylic acids is 1. The van der Waals surface area contributed by atoms with Crippen LogP contribution < -0.4 is 9.47 Å².